The van der Waals surface area contributed by atoms with E-state index in [9.17, 15) is 4.79 Å². The zero-order chi connectivity index (χ0) is 16.2. The van der Waals surface area contributed by atoms with Crippen LogP contribution in [0.25, 0.3) is 10.9 Å². The highest BCUT2D eigenvalue weighted by Gasteiger charge is 2.19. The largest absolute Gasteiger partial charge is 0.385 e. The standard InChI is InChI=1S/C16H22N4O2/c1-16(2,6-7-22-3)9-18-15(21)11-4-5-12-13(8-11)19-10-20-14(12)17/h4-5,8,10H,6-7,9H2,1-3H3,(H,18,21)(H2,17,19,20). The molecule has 2 aromatic rings. The summed E-state index contributed by atoms with van der Waals surface area (Å²) in [6, 6.07) is 5.24. The number of nitrogens with two attached hydrogens (primary N) is 1. The van der Waals surface area contributed by atoms with Crippen LogP contribution in [-0.4, -0.2) is 36.1 Å². The molecule has 1 aromatic heterocycles. The fourth-order valence-corrected chi connectivity index (χ4v) is 2.11. The van der Waals surface area contributed by atoms with Crippen molar-refractivity contribution in [1.82, 2.24) is 15.3 Å². The first-order chi connectivity index (χ1) is 10.4. The minimum absolute atomic E-state index is 0.0187. The van der Waals surface area contributed by atoms with E-state index in [0.717, 1.165) is 11.8 Å². The number of ether oxygens (including phenoxy) is 1. The fraction of sp³-hybridized carbons (Fsp3) is 0.438. The maximum absolute atomic E-state index is 12.3. The number of fused-ring (bicyclic) bond motifs is 1. The molecule has 6 heteroatoms. The summed E-state index contributed by atoms with van der Waals surface area (Å²) in [7, 11) is 1.68. The molecule has 22 heavy (non-hydrogen) atoms. The van der Waals surface area contributed by atoms with Crippen LogP contribution in [0.1, 0.15) is 30.6 Å². The topological polar surface area (TPSA) is 90.1 Å². The van der Waals surface area contributed by atoms with Crippen LogP contribution in [0.5, 0.6) is 0 Å². The van der Waals surface area contributed by atoms with Gasteiger partial charge < -0.3 is 15.8 Å². The third-order valence-corrected chi connectivity index (χ3v) is 3.64. The van der Waals surface area contributed by atoms with Crippen molar-refractivity contribution in [2.75, 3.05) is 26.0 Å². The number of nitrogen functional groups attached to an aromatic ring is 1. The highest BCUT2D eigenvalue weighted by Crippen LogP contribution is 2.20. The van der Waals surface area contributed by atoms with Gasteiger partial charge in [-0.25, -0.2) is 9.97 Å². The first-order valence-corrected chi connectivity index (χ1v) is 7.20. The summed E-state index contributed by atoms with van der Waals surface area (Å²) in [4.78, 5) is 20.4. The van der Waals surface area contributed by atoms with Gasteiger partial charge in [0, 0.05) is 31.2 Å². The number of nitrogens with zero attached hydrogens (tertiary/aromatic N) is 2. The number of amides is 1. The number of nitrogens with one attached hydrogen (secondary N) is 1. The summed E-state index contributed by atoms with van der Waals surface area (Å²) >= 11 is 0. The van der Waals surface area contributed by atoms with Gasteiger partial charge in [-0.05, 0) is 30.0 Å². The molecule has 118 valence electrons. The number of hydrogen-bond donors (Lipinski definition) is 2. The normalized spacial score (nSPS) is 11.6. The Morgan fingerprint density at radius 1 is 1.36 bits per heavy atom. The monoisotopic (exact) mass is 302 g/mol. The van der Waals surface area contributed by atoms with Gasteiger partial charge in [-0.2, -0.15) is 0 Å². The molecule has 0 unspecified atom stereocenters. The third kappa shape index (κ3) is 3.92. The molecule has 0 saturated heterocycles. The number of carbonyl (C=O) groups is 1. The first kappa shape index (κ1) is 16.2. The number of methoxy groups -OCH3 is 1. The van der Waals surface area contributed by atoms with Crippen molar-refractivity contribution in [3.63, 3.8) is 0 Å². The van der Waals surface area contributed by atoms with Crippen LogP contribution in [-0.2, 0) is 4.74 Å². The first-order valence-electron chi connectivity index (χ1n) is 7.20. The Hall–Kier alpha value is -2.21. The molecule has 0 saturated carbocycles. The van der Waals surface area contributed by atoms with E-state index in [0.29, 0.717) is 30.0 Å². The molecule has 2 rings (SSSR count). The van der Waals surface area contributed by atoms with Crippen molar-refractivity contribution in [3.8, 4) is 0 Å². The average molecular weight is 302 g/mol. The van der Waals surface area contributed by atoms with Gasteiger partial charge in [0.2, 0.25) is 0 Å². The van der Waals surface area contributed by atoms with Crippen LogP contribution in [0.3, 0.4) is 0 Å². The maximum atomic E-state index is 12.3. The highest BCUT2D eigenvalue weighted by molar-refractivity contribution is 5.99. The zero-order valence-electron chi connectivity index (χ0n) is 13.2. The molecule has 0 aliphatic rings. The summed E-state index contributed by atoms with van der Waals surface area (Å²) in [5, 5.41) is 3.71. The van der Waals surface area contributed by atoms with Crippen LogP contribution in [0.4, 0.5) is 5.82 Å². The van der Waals surface area contributed by atoms with E-state index in [-0.39, 0.29) is 11.3 Å². The Morgan fingerprint density at radius 3 is 2.86 bits per heavy atom. The Balaban J connectivity index is 2.07. The minimum Gasteiger partial charge on any atom is -0.385 e. The number of hydrogen-bond acceptors (Lipinski definition) is 5. The SMILES string of the molecule is COCCC(C)(C)CNC(=O)c1ccc2c(N)ncnc2c1. The molecule has 6 nitrogen and oxygen atoms in total. The van der Waals surface area contributed by atoms with E-state index in [1.54, 1.807) is 25.3 Å². The van der Waals surface area contributed by atoms with Gasteiger partial charge in [-0.3, -0.25) is 4.79 Å². The predicted octanol–water partition coefficient (Wildman–Crippen LogP) is 2.00. The second-order valence-electron chi connectivity index (χ2n) is 6.08. The minimum atomic E-state index is -0.121. The molecular formula is C16H22N4O2. The maximum Gasteiger partial charge on any atom is 0.251 e. The van der Waals surface area contributed by atoms with Crippen molar-refractivity contribution in [2.24, 2.45) is 5.41 Å². The lowest BCUT2D eigenvalue weighted by Gasteiger charge is -2.24. The van der Waals surface area contributed by atoms with E-state index in [1.165, 1.54) is 6.33 Å². The van der Waals surface area contributed by atoms with Gasteiger partial charge in [0.1, 0.15) is 12.1 Å². The molecule has 0 bridgehead atoms. The van der Waals surface area contributed by atoms with Crippen LogP contribution < -0.4 is 11.1 Å². The molecule has 0 aliphatic carbocycles. The van der Waals surface area contributed by atoms with E-state index in [1.807, 2.05) is 0 Å². The Bertz CT molecular complexity index is 670. The quantitative estimate of drug-likeness (QED) is 0.852. The lowest BCUT2D eigenvalue weighted by Crippen LogP contribution is -2.34. The molecule has 0 fully saturated rings. The number of carbonyl (C=O) groups excluding carboxylic acids is 1. The van der Waals surface area contributed by atoms with Crippen molar-refractivity contribution in [1.29, 1.82) is 0 Å². The second-order valence-corrected chi connectivity index (χ2v) is 6.08. The van der Waals surface area contributed by atoms with Gasteiger partial charge in [-0.1, -0.05) is 13.8 Å². The van der Waals surface area contributed by atoms with Crippen molar-refractivity contribution in [3.05, 3.63) is 30.1 Å². The lowest BCUT2D eigenvalue weighted by molar-refractivity contribution is 0.0921. The molecule has 3 N–H and O–H groups in total. The van der Waals surface area contributed by atoms with Crippen LogP contribution >= 0.6 is 0 Å². The Labute approximate surface area is 130 Å². The van der Waals surface area contributed by atoms with Gasteiger partial charge in [0.15, 0.2) is 0 Å². The third-order valence-electron chi connectivity index (χ3n) is 3.64. The molecule has 0 atom stereocenters. The number of aromatic nitrogens is 2. The van der Waals surface area contributed by atoms with Gasteiger partial charge >= 0.3 is 0 Å². The smallest absolute Gasteiger partial charge is 0.251 e. The Kier molecular flexibility index (Phi) is 4.92. The summed E-state index contributed by atoms with van der Waals surface area (Å²) in [5.74, 6) is 0.294. The van der Waals surface area contributed by atoms with E-state index in [2.05, 4.69) is 29.1 Å². The summed E-state index contributed by atoms with van der Waals surface area (Å²) < 4.78 is 5.09. The number of anilines is 1. The van der Waals surface area contributed by atoms with Crippen molar-refractivity contribution < 1.29 is 9.53 Å². The predicted molar refractivity (Wildman–Crippen MR) is 86.6 cm³/mol. The second kappa shape index (κ2) is 6.70. The van der Waals surface area contributed by atoms with E-state index in [4.69, 9.17) is 10.5 Å². The molecule has 0 spiro atoms. The fourth-order valence-electron chi connectivity index (χ4n) is 2.11. The zero-order valence-corrected chi connectivity index (χ0v) is 13.2. The van der Waals surface area contributed by atoms with Crippen LogP contribution in [0, 0.1) is 5.41 Å². The van der Waals surface area contributed by atoms with E-state index >= 15 is 0 Å². The van der Waals surface area contributed by atoms with Crippen molar-refractivity contribution >= 4 is 22.6 Å². The van der Waals surface area contributed by atoms with E-state index < -0.39 is 0 Å². The lowest BCUT2D eigenvalue weighted by atomic mass is 9.89. The van der Waals surface area contributed by atoms with Crippen LogP contribution in [0.2, 0.25) is 0 Å². The molecule has 1 heterocycles. The average Bonchev–Trinajstić information content (AvgIpc) is 2.51. The Morgan fingerprint density at radius 2 is 2.14 bits per heavy atom. The van der Waals surface area contributed by atoms with Gasteiger partial charge in [0.25, 0.3) is 5.91 Å². The van der Waals surface area contributed by atoms with Crippen molar-refractivity contribution in [2.45, 2.75) is 20.3 Å². The molecule has 0 radical (unpaired) electrons. The number of rotatable bonds is 6. The number of benzene rings is 1. The molecule has 1 amide bonds. The summed E-state index contributed by atoms with van der Waals surface area (Å²) in [5.41, 5.74) is 6.99. The van der Waals surface area contributed by atoms with Crippen LogP contribution in [0.15, 0.2) is 24.5 Å². The van der Waals surface area contributed by atoms with Gasteiger partial charge in [-0.15, -0.1) is 0 Å². The summed E-state index contributed by atoms with van der Waals surface area (Å²) in [6.45, 7) is 5.45. The molecular weight excluding hydrogens is 280 g/mol. The summed E-state index contributed by atoms with van der Waals surface area (Å²) in [6.07, 6.45) is 2.28. The molecule has 0 aliphatic heterocycles. The van der Waals surface area contributed by atoms with Gasteiger partial charge in [0.05, 0.1) is 5.52 Å². The highest BCUT2D eigenvalue weighted by atomic mass is 16.5. The molecule has 1 aromatic carbocycles.